The van der Waals surface area contributed by atoms with E-state index in [1.807, 2.05) is 6.07 Å². The van der Waals surface area contributed by atoms with Gasteiger partial charge < -0.3 is 20.3 Å². The molecule has 0 spiro atoms. The molecular weight excluding hydrogens is 230 g/mol. The highest BCUT2D eigenvalue weighted by molar-refractivity contribution is 5.73. The monoisotopic (exact) mass is 249 g/mol. The first kappa shape index (κ1) is 12.7. The number of rotatable bonds is 1. The van der Waals surface area contributed by atoms with Gasteiger partial charge in [0.15, 0.2) is 5.75 Å². The fourth-order valence-corrected chi connectivity index (χ4v) is 1.96. The van der Waals surface area contributed by atoms with Crippen LogP contribution in [0.25, 0.3) is 0 Å². The summed E-state index contributed by atoms with van der Waals surface area (Å²) in [5.41, 5.74) is 6.23. The lowest BCUT2D eigenvalue weighted by Gasteiger charge is -2.20. The van der Waals surface area contributed by atoms with Crippen LogP contribution in [0.3, 0.4) is 0 Å². The van der Waals surface area contributed by atoms with Crippen molar-refractivity contribution in [2.75, 3.05) is 39.0 Å². The molecule has 1 aliphatic rings. The van der Waals surface area contributed by atoms with Gasteiger partial charge >= 0.3 is 6.09 Å². The zero-order chi connectivity index (χ0) is 13.0. The predicted molar refractivity (Wildman–Crippen MR) is 70.6 cm³/mol. The number of carbonyl (C=O) groups is 1. The number of likely N-dealkylation sites (N-methyl/N-ethyl adjacent to an activating group) is 1. The summed E-state index contributed by atoms with van der Waals surface area (Å²) in [6.45, 7) is 3.31. The lowest BCUT2D eigenvalue weighted by molar-refractivity contribution is 0.154. The second-order valence-corrected chi connectivity index (χ2v) is 4.55. The molecule has 0 bridgehead atoms. The highest BCUT2D eigenvalue weighted by atomic mass is 16.6. The number of benzene rings is 1. The van der Waals surface area contributed by atoms with Crippen molar-refractivity contribution in [1.29, 1.82) is 0 Å². The molecule has 1 fully saturated rings. The van der Waals surface area contributed by atoms with E-state index in [4.69, 9.17) is 10.5 Å². The summed E-state index contributed by atoms with van der Waals surface area (Å²) in [6, 6.07) is 7.04. The topological polar surface area (TPSA) is 58.8 Å². The maximum Gasteiger partial charge on any atom is 0.415 e. The second kappa shape index (κ2) is 5.73. The molecule has 1 aromatic rings. The van der Waals surface area contributed by atoms with Gasteiger partial charge in [-0.25, -0.2) is 4.79 Å². The van der Waals surface area contributed by atoms with Gasteiger partial charge in [0.2, 0.25) is 0 Å². The molecule has 0 atom stereocenters. The molecule has 5 heteroatoms. The van der Waals surface area contributed by atoms with E-state index in [2.05, 4.69) is 11.9 Å². The Labute approximate surface area is 107 Å². The van der Waals surface area contributed by atoms with Gasteiger partial charge in [-0.3, -0.25) is 0 Å². The number of hydrogen-bond donors (Lipinski definition) is 1. The minimum atomic E-state index is -0.316. The SMILES string of the molecule is CN1CCCN(C(=O)Oc2ccccc2N)CC1. The number of nitrogen functional groups attached to an aromatic ring is 1. The molecule has 98 valence electrons. The van der Waals surface area contributed by atoms with Crippen molar-refractivity contribution in [2.45, 2.75) is 6.42 Å². The number of ether oxygens (including phenoxy) is 1. The van der Waals surface area contributed by atoms with Crippen LogP contribution >= 0.6 is 0 Å². The summed E-state index contributed by atoms with van der Waals surface area (Å²) in [6.07, 6.45) is 0.652. The fourth-order valence-electron chi connectivity index (χ4n) is 1.96. The number of carbonyl (C=O) groups excluding carboxylic acids is 1. The van der Waals surface area contributed by atoms with E-state index in [9.17, 15) is 4.79 Å². The molecule has 0 saturated carbocycles. The van der Waals surface area contributed by atoms with Gasteiger partial charge in [-0.1, -0.05) is 12.1 Å². The van der Waals surface area contributed by atoms with Crippen molar-refractivity contribution in [3.63, 3.8) is 0 Å². The number of amides is 1. The summed E-state index contributed by atoms with van der Waals surface area (Å²) in [4.78, 5) is 16.0. The molecule has 1 heterocycles. The Hall–Kier alpha value is -1.75. The minimum absolute atomic E-state index is 0.316. The summed E-state index contributed by atoms with van der Waals surface area (Å²) >= 11 is 0. The van der Waals surface area contributed by atoms with E-state index >= 15 is 0 Å². The summed E-state index contributed by atoms with van der Waals surface area (Å²) in [5.74, 6) is 0.431. The molecule has 0 unspecified atom stereocenters. The van der Waals surface area contributed by atoms with Crippen molar-refractivity contribution in [3.8, 4) is 5.75 Å². The number of hydrogen-bond acceptors (Lipinski definition) is 4. The molecule has 0 radical (unpaired) electrons. The molecule has 0 aliphatic carbocycles. The average Bonchev–Trinajstić information content (AvgIpc) is 2.57. The van der Waals surface area contributed by atoms with Crippen LogP contribution in [0, 0.1) is 0 Å². The standard InChI is InChI=1S/C13H19N3O2/c1-15-7-4-8-16(10-9-15)13(17)18-12-6-3-2-5-11(12)14/h2-3,5-6H,4,7-10,14H2,1H3. The molecule has 1 aliphatic heterocycles. The van der Waals surface area contributed by atoms with Crippen LogP contribution in [-0.4, -0.2) is 49.1 Å². The van der Waals surface area contributed by atoms with Crippen LogP contribution in [-0.2, 0) is 0 Å². The first-order chi connectivity index (χ1) is 8.66. The Kier molecular flexibility index (Phi) is 4.04. The van der Waals surface area contributed by atoms with Gasteiger partial charge in [0.25, 0.3) is 0 Å². The van der Waals surface area contributed by atoms with Gasteiger partial charge in [-0.05, 0) is 32.1 Å². The Morgan fingerprint density at radius 3 is 2.78 bits per heavy atom. The molecule has 1 saturated heterocycles. The number of nitrogens with zero attached hydrogens (tertiary/aromatic N) is 2. The van der Waals surface area contributed by atoms with Crippen LogP contribution < -0.4 is 10.5 Å². The average molecular weight is 249 g/mol. The van der Waals surface area contributed by atoms with Gasteiger partial charge in [-0.15, -0.1) is 0 Å². The highest BCUT2D eigenvalue weighted by Crippen LogP contribution is 2.20. The molecule has 18 heavy (non-hydrogen) atoms. The fraction of sp³-hybridized carbons (Fsp3) is 0.462. The van der Waals surface area contributed by atoms with Crippen LogP contribution in [0.15, 0.2) is 24.3 Å². The minimum Gasteiger partial charge on any atom is -0.408 e. The van der Waals surface area contributed by atoms with Gasteiger partial charge in [-0.2, -0.15) is 0 Å². The van der Waals surface area contributed by atoms with E-state index in [1.165, 1.54) is 0 Å². The van der Waals surface area contributed by atoms with E-state index in [1.54, 1.807) is 23.1 Å². The largest absolute Gasteiger partial charge is 0.415 e. The quantitative estimate of drug-likeness (QED) is 0.764. The Morgan fingerprint density at radius 1 is 1.22 bits per heavy atom. The molecule has 2 rings (SSSR count). The smallest absolute Gasteiger partial charge is 0.408 e. The van der Waals surface area contributed by atoms with E-state index in [0.29, 0.717) is 18.0 Å². The third-order valence-electron chi connectivity index (χ3n) is 3.09. The summed E-state index contributed by atoms with van der Waals surface area (Å²) < 4.78 is 5.32. The maximum absolute atomic E-state index is 12.0. The van der Waals surface area contributed by atoms with Crippen LogP contribution in [0.2, 0.25) is 0 Å². The number of para-hydroxylation sites is 2. The van der Waals surface area contributed by atoms with Gasteiger partial charge in [0.05, 0.1) is 5.69 Å². The van der Waals surface area contributed by atoms with E-state index < -0.39 is 0 Å². The second-order valence-electron chi connectivity index (χ2n) is 4.55. The van der Waals surface area contributed by atoms with Crippen LogP contribution in [0.5, 0.6) is 5.75 Å². The predicted octanol–water partition coefficient (Wildman–Crippen LogP) is 1.41. The van der Waals surface area contributed by atoms with Crippen molar-refractivity contribution >= 4 is 11.8 Å². The first-order valence-corrected chi connectivity index (χ1v) is 6.16. The lowest BCUT2D eigenvalue weighted by atomic mass is 10.3. The van der Waals surface area contributed by atoms with E-state index in [-0.39, 0.29) is 6.09 Å². The molecule has 2 N–H and O–H groups in total. The summed E-state index contributed by atoms with van der Waals surface area (Å²) in [5, 5.41) is 0. The third kappa shape index (κ3) is 3.13. The Bertz CT molecular complexity index is 422. The lowest BCUT2D eigenvalue weighted by Crippen LogP contribution is -2.36. The highest BCUT2D eigenvalue weighted by Gasteiger charge is 2.19. The molecule has 5 nitrogen and oxygen atoms in total. The van der Waals surface area contributed by atoms with Gasteiger partial charge in [0.1, 0.15) is 0 Å². The number of anilines is 1. The van der Waals surface area contributed by atoms with Crippen LogP contribution in [0.4, 0.5) is 10.5 Å². The number of nitrogens with two attached hydrogens (primary N) is 1. The zero-order valence-corrected chi connectivity index (χ0v) is 10.6. The summed E-state index contributed by atoms with van der Waals surface area (Å²) in [7, 11) is 2.06. The zero-order valence-electron chi connectivity index (χ0n) is 10.6. The van der Waals surface area contributed by atoms with E-state index in [0.717, 1.165) is 26.1 Å². The molecule has 0 aromatic heterocycles. The van der Waals surface area contributed by atoms with Crippen molar-refractivity contribution in [3.05, 3.63) is 24.3 Å². The Morgan fingerprint density at radius 2 is 2.00 bits per heavy atom. The molecule has 1 amide bonds. The van der Waals surface area contributed by atoms with Crippen molar-refractivity contribution in [2.24, 2.45) is 0 Å². The van der Waals surface area contributed by atoms with Crippen molar-refractivity contribution in [1.82, 2.24) is 9.80 Å². The van der Waals surface area contributed by atoms with Crippen LogP contribution in [0.1, 0.15) is 6.42 Å². The Balaban J connectivity index is 1.97. The van der Waals surface area contributed by atoms with Crippen molar-refractivity contribution < 1.29 is 9.53 Å². The maximum atomic E-state index is 12.0. The van der Waals surface area contributed by atoms with Gasteiger partial charge in [0, 0.05) is 19.6 Å². The first-order valence-electron chi connectivity index (χ1n) is 6.16. The molecule has 1 aromatic carbocycles. The third-order valence-corrected chi connectivity index (χ3v) is 3.09. The molecular formula is C13H19N3O2. The normalized spacial score (nSPS) is 17.3.